The molecule has 2 aromatic carbocycles. The SMILES string of the molecule is COc1ccc(C(=N)c2ccc(Br)cc2)cc1. The second-order valence-corrected chi connectivity index (χ2v) is 4.53. The zero-order valence-electron chi connectivity index (χ0n) is 9.41. The van der Waals surface area contributed by atoms with Crippen molar-refractivity contribution in [3.05, 3.63) is 64.1 Å². The number of methoxy groups -OCH3 is 1. The molecule has 2 aromatic rings. The van der Waals surface area contributed by atoms with Gasteiger partial charge in [0.15, 0.2) is 0 Å². The normalized spacial score (nSPS) is 10.0. The van der Waals surface area contributed by atoms with E-state index in [-0.39, 0.29) is 0 Å². The molecule has 1 N–H and O–H groups in total. The van der Waals surface area contributed by atoms with E-state index in [2.05, 4.69) is 15.9 Å². The average molecular weight is 290 g/mol. The fraction of sp³-hybridized carbons (Fsp3) is 0.0714. The molecule has 0 spiro atoms. The fourth-order valence-corrected chi connectivity index (χ4v) is 1.81. The van der Waals surface area contributed by atoms with Gasteiger partial charge in [-0.1, -0.05) is 28.1 Å². The molecule has 0 atom stereocenters. The zero-order valence-corrected chi connectivity index (χ0v) is 11.0. The van der Waals surface area contributed by atoms with Crippen molar-refractivity contribution in [3.8, 4) is 5.75 Å². The molecule has 0 fully saturated rings. The van der Waals surface area contributed by atoms with E-state index in [0.29, 0.717) is 5.71 Å². The monoisotopic (exact) mass is 289 g/mol. The van der Waals surface area contributed by atoms with Crippen molar-refractivity contribution in [2.75, 3.05) is 7.11 Å². The summed E-state index contributed by atoms with van der Waals surface area (Å²) in [6.45, 7) is 0. The molecule has 0 aliphatic carbocycles. The fourth-order valence-electron chi connectivity index (χ4n) is 1.54. The maximum Gasteiger partial charge on any atom is 0.118 e. The lowest BCUT2D eigenvalue weighted by molar-refractivity contribution is 0.415. The Bertz CT molecular complexity index is 517. The van der Waals surface area contributed by atoms with Crippen molar-refractivity contribution in [1.82, 2.24) is 0 Å². The molecule has 2 rings (SSSR count). The summed E-state index contributed by atoms with van der Waals surface area (Å²) in [6, 6.07) is 15.2. The molecular weight excluding hydrogens is 278 g/mol. The lowest BCUT2D eigenvalue weighted by Gasteiger charge is -2.06. The van der Waals surface area contributed by atoms with Crippen molar-refractivity contribution in [2.45, 2.75) is 0 Å². The average Bonchev–Trinajstić information content (AvgIpc) is 2.39. The predicted octanol–water partition coefficient (Wildman–Crippen LogP) is 3.87. The van der Waals surface area contributed by atoms with Gasteiger partial charge < -0.3 is 4.74 Å². The highest BCUT2D eigenvalue weighted by molar-refractivity contribution is 9.10. The largest absolute Gasteiger partial charge is 0.497 e. The minimum Gasteiger partial charge on any atom is -0.497 e. The van der Waals surface area contributed by atoms with Crippen LogP contribution in [-0.2, 0) is 0 Å². The van der Waals surface area contributed by atoms with Crippen molar-refractivity contribution in [2.24, 2.45) is 0 Å². The molecule has 0 aromatic heterocycles. The Hall–Kier alpha value is -1.61. The summed E-state index contributed by atoms with van der Waals surface area (Å²) in [6.07, 6.45) is 0. The van der Waals surface area contributed by atoms with Crippen molar-refractivity contribution in [3.63, 3.8) is 0 Å². The van der Waals surface area contributed by atoms with Gasteiger partial charge in [0.1, 0.15) is 5.75 Å². The van der Waals surface area contributed by atoms with Gasteiger partial charge in [0.05, 0.1) is 12.8 Å². The number of benzene rings is 2. The highest BCUT2D eigenvalue weighted by Gasteiger charge is 2.04. The number of hydrogen-bond donors (Lipinski definition) is 1. The Kier molecular flexibility index (Phi) is 3.59. The van der Waals surface area contributed by atoms with Crippen LogP contribution in [0.5, 0.6) is 5.75 Å². The Morgan fingerprint density at radius 1 is 0.941 bits per heavy atom. The van der Waals surface area contributed by atoms with Gasteiger partial charge in [-0.25, -0.2) is 0 Å². The molecule has 17 heavy (non-hydrogen) atoms. The Balaban J connectivity index is 2.27. The molecular formula is C14H12BrNO. The smallest absolute Gasteiger partial charge is 0.118 e. The third-order valence-corrected chi connectivity index (χ3v) is 3.04. The molecule has 0 saturated carbocycles. The van der Waals surface area contributed by atoms with E-state index in [1.165, 1.54) is 0 Å². The quantitative estimate of drug-likeness (QED) is 0.855. The van der Waals surface area contributed by atoms with Crippen LogP contribution in [0.4, 0.5) is 0 Å². The molecule has 0 aliphatic rings. The topological polar surface area (TPSA) is 33.1 Å². The Morgan fingerprint density at radius 2 is 1.41 bits per heavy atom. The van der Waals surface area contributed by atoms with Gasteiger partial charge in [0.2, 0.25) is 0 Å². The lowest BCUT2D eigenvalue weighted by atomic mass is 10.0. The van der Waals surface area contributed by atoms with Crippen LogP contribution in [0.25, 0.3) is 0 Å². The summed E-state index contributed by atoms with van der Waals surface area (Å²) >= 11 is 3.38. The highest BCUT2D eigenvalue weighted by atomic mass is 79.9. The summed E-state index contributed by atoms with van der Waals surface area (Å²) < 4.78 is 6.11. The number of hydrogen-bond acceptors (Lipinski definition) is 2. The van der Waals surface area contributed by atoms with E-state index in [4.69, 9.17) is 10.1 Å². The van der Waals surface area contributed by atoms with Gasteiger partial charge in [-0.05, 0) is 36.4 Å². The lowest BCUT2D eigenvalue weighted by Crippen LogP contribution is -2.00. The van der Waals surface area contributed by atoms with Crippen molar-refractivity contribution < 1.29 is 4.74 Å². The van der Waals surface area contributed by atoms with Crippen LogP contribution in [0.15, 0.2) is 53.0 Å². The molecule has 0 aliphatic heterocycles. The van der Waals surface area contributed by atoms with Gasteiger partial charge >= 0.3 is 0 Å². The first-order chi connectivity index (χ1) is 8.20. The van der Waals surface area contributed by atoms with Crippen molar-refractivity contribution in [1.29, 1.82) is 5.41 Å². The van der Waals surface area contributed by atoms with Gasteiger partial charge in [-0.15, -0.1) is 0 Å². The predicted molar refractivity (Wildman–Crippen MR) is 73.1 cm³/mol. The van der Waals surface area contributed by atoms with Gasteiger partial charge in [0.25, 0.3) is 0 Å². The number of nitrogens with one attached hydrogen (secondary N) is 1. The summed E-state index contributed by atoms with van der Waals surface area (Å²) in [4.78, 5) is 0. The third-order valence-electron chi connectivity index (χ3n) is 2.51. The summed E-state index contributed by atoms with van der Waals surface area (Å²) in [5.74, 6) is 0.803. The molecule has 0 bridgehead atoms. The van der Waals surface area contributed by atoms with E-state index in [0.717, 1.165) is 21.3 Å². The van der Waals surface area contributed by atoms with Crippen LogP contribution in [0.3, 0.4) is 0 Å². The molecule has 2 nitrogen and oxygen atoms in total. The van der Waals surface area contributed by atoms with Crippen LogP contribution in [0.2, 0.25) is 0 Å². The standard InChI is InChI=1S/C14H12BrNO/c1-17-13-8-4-11(5-9-13)14(16)10-2-6-12(15)7-3-10/h2-9,16H,1H3. The van der Waals surface area contributed by atoms with E-state index in [1.807, 2.05) is 48.5 Å². The van der Waals surface area contributed by atoms with E-state index >= 15 is 0 Å². The van der Waals surface area contributed by atoms with Crippen molar-refractivity contribution >= 4 is 21.6 Å². The third kappa shape index (κ3) is 2.74. The van der Waals surface area contributed by atoms with Gasteiger partial charge in [-0.2, -0.15) is 0 Å². The number of rotatable bonds is 3. The van der Waals surface area contributed by atoms with Gasteiger partial charge in [0, 0.05) is 15.6 Å². The molecule has 0 heterocycles. The summed E-state index contributed by atoms with van der Waals surface area (Å²) in [5, 5.41) is 8.11. The molecule has 0 amide bonds. The minimum atomic E-state index is 0.514. The second-order valence-electron chi connectivity index (χ2n) is 3.61. The molecule has 0 unspecified atom stereocenters. The van der Waals surface area contributed by atoms with E-state index < -0.39 is 0 Å². The highest BCUT2D eigenvalue weighted by Crippen LogP contribution is 2.16. The van der Waals surface area contributed by atoms with Crippen LogP contribution >= 0.6 is 15.9 Å². The first-order valence-electron chi connectivity index (χ1n) is 5.19. The molecule has 86 valence electrons. The minimum absolute atomic E-state index is 0.514. The molecule has 0 saturated heterocycles. The van der Waals surface area contributed by atoms with Gasteiger partial charge in [-0.3, -0.25) is 5.41 Å². The Labute approximate surface area is 109 Å². The second kappa shape index (κ2) is 5.15. The first kappa shape index (κ1) is 11.9. The molecule has 3 heteroatoms. The van der Waals surface area contributed by atoms with Crippen LogP contribution in [0.1, 0.15) is 11.1 Å². The molecule has 0 radical (unpaired) electrons. The summed E-state index contributed by atoms with van der Waals surface area (Å²) in [7, 11) is 1.63. The Morgan fingerprint density at radius 3 is 1.88 bits per heavy atom. The van der Waals surface area contributed by atoms with Crippen LogP contribution in [0, 0.1) is 5.41 Å². The number of halogens is 1. The van der Waals surface area contributed by atoms with Crippen LogP contribution < -0.4 is 4.74 Å². The maximum atomic E-state index is 8.11. The summed E-state index contributed by atoms with van der Waals surface area (Å²) in [5.41, 5.74) is 2.30. The number of ether oxygens (including phenoxy) is 1. The maximum absolute atomic E-state index is 8.11. The van der Waals surface area contributed by atoms with Crippen LogP contribution in [-0.4, -0.2) is 12.8 Å². The first-order valence-corrected chi connectivity index (χ1v) is 5.99. The zero-order chi connectivity index (χ0) is 12.3. The van der Waals surface area contributed by atoms with E-state index in [9.17, 15) is 0 Å². The van der Waals surface area contributed by atoms with E-state index in [1.54, 1.807) is 7.11 Å².